The molecule has 7 heteroatoms. The van der Waals surface area contributed by atoms with E-state index in [1.807, 2.05) is 36.4 Å². The highest BCUT2D eigenvalue weighted by Gasteiger charge is 2.33. The smallest absolute Gasteiger partial charge is 0.337 e. The number of methoxy groups -OCH3 is 2. The molecular weight excluding hydrogens is 396 g/mol. The number of ether oxygens (including phenoxy) is 3. The van der Waals surface area contributed by atoms with E-state index in [9.17, 15) is 9.59 Å². The number of carbonyl (C=O) groups excluding carboxylic acids is 2. The van der Waals surface area contributed by atoms with E-state index in [0.29, 0.717) is 41.4 Å². The number of hydrogen-bond acceptors (Lipinski definition) is 5. The van der Waals surface area contributed by atoms with E-state index < -0.39 is 12.0 Å². The maximum absolute atomic E-state index is 12.6. The molecule has 0 radical (unpaired) electrons. The van der Waals surface area contributed by atoms with Crippen LogP contribution in [0.5, 0.6) is 11.5 Å². The molecule has 0 aliphatic carbocycles. The van der Waals surface area contributed by atoms with Gasteiger partial charge in [-0.3, -0.25) is 0 Å². The lowest BCUT2D eigenvalue weighted by Crippen LogP contribution is -2.45. The Morgan fingerprint density at radius 1 is 1.06 bits per heavy atom. The highest BCUT2D eigenvalue weighted by molar-refractivity contribution is 5.95. The summed E-state index contributed by atoms with van der Waals surface area (Å²) >= 11 is 0. The highest BCUT2D eigenvalue weighted by Crippen LogP contribution is 2.35. The molecule has 164 valence electrons. The summed E-state index contributed by atoms with van der Waals surface area (Å²) in [5.41, 5.74) is 2.70. The molecule has 3 rings (SSSR count). The number of hydrogen-bond donors (Lipinski definition) is 2. The first-order valence-corrected chi connectivity index (χ1v) is 10.3. The normalized spacial score (nSPS) is 15.7. The molecule has 1 atom stereocenters. The average molecular weight is 424 g/mol. The van der Waals surface area contributed by atoms with Gasteiger partial charge in [-0.05, 0) is 36.1 Å². The van der Waals surface area contributed by atoms with Crippen LogP contribution >= 0.6 is 0 Å². The van der Waals surface area contributed by atoms with Crippen molar-refractivity contribution in [3.8, 4) is 11.5 Å². The number of unbranched alkanes of at least 4 members (excludes halogenated alkanes) is 1. The van der Waals surface area contributed by atoms with Gasteiger partial charge < -0.3 is 24.8 Å². The number of amides is 2. The van der Waals surface area contributed by atoms with E-state index >= 15 is 0 Å². The van der Waals surface area contributed by atoms with Crippen LogP contribution in [0.25, 0.3) is 0 Å². The summed E-state index contributed by atoms with van der Waals surface area (Å²) in [6.45, 7) is 2.42. The Balaban J connectivity index is 1.96. The summed E-state index contributed by atoms with van der Waals surface area (Å²) in [5.74, 6) is 0.608. The van der Waals surface area contributed by atoms with Crippen molar-refractivity contribution in [3.63, 3.8) is 0 Å². The SMILES string of the molecule is CCCCC1=C(C(=O)OC)C(c2ccc(OC)c(OCc3ccccc3)c2)NC(=O)N1. The van der Waals surface area contributed by atoms with Gasteiger partial charge in [0.15, 0.2) is 11.5 Å². The van der Waals surface area contributed by atoms with Crippen molar-refractivity contribution < 1.29 is 23.8 Å². The van der Waals surface area contributed by atoms with Gasteiger partial charge in [-0.15, -0.1) is 0 Å². The zero-order chi connectivity index (χ0) is 22.2. The quantitative estimate of drug-likeness (QED) is 0.588. The second kappa shape index (κ2) is 10.5. The third-order valence-corrected chi connectivity index (χ3v) is 5.10. The van der Waals surface area contributed by atoms with E-state index in [0.717, 1.165) is 18.4 Å². The zero-order valence-electron chi connectivity index (χ0n) is 18.1. The van der Waals surface area contributed by atoms with Gasteiger partial charge in [0.2, 0.25) is 0 Å². The van der Waals surface area contributed by atoms with Gasteiger partial charge in [-0.1, -0.05) is 49.7 Å². The van der Waals surface area contributed by atoms with Gasteiger partial charge in [0, 0.05) is 5.70 Å². The second-order valence-electron chi connectivity index (χ2n) is 7.20. The Hall–Kier alpha value is -3.48. The molecule has 1 unspecified atom stereocenters. The van der Waals surface area contributed by atoms with Crippen molar-refractivity contribution in [2.24, 2.45) is 0 Å². The summed E-state index contributed by atoms with van der Waals surface area (Å²) < 4.78 is 16.5. The summed E-state index contributed by atoms with van der Waals surface area (Å²) in [5, 5.41) is 5.61. The number of rotatable bonds is 9. The van der Waals surface area contributed by atoms with Crippen molar-refractivity contribution in [2.75, 3.05) is 14.2 Å². The standard InChI is InChI=1S/C24H28N2O5/c1-4-5-11-18-21(23(27)30-3)22(26-24(28)25-18)17-12-13-19(29-2)20(14-17)31-15-16-9-7-6-8-10-16/h6-10,12-14,22H,4-5,11,15H2,1-3H3,(H2,25,26,28). The molecule has 0 saturated heterocycles. The van der Waals surface area contributed by atoms with E-state index in [1.54, 1.807) is 19.2 Å². The monoisotopic (exact) mass is 424 g/mol. The number of carbonyl (C=O) groups is 2. The summed E-state index contributed by atoms with van der Waals surface area (Å²) in [6.07, 6.45) is 2.36. The molecule has 7 nitrogen and oxygen atoms in total. The predicted octanol–water partition coefficient (Wildman–Crippen LogP) is 4.25. The molecule has 1 heterocycles. The maximum Gasteiger partial charge on any atom is 0.337 e. The zero-order valence-corrected chi connectivity index (χ0v) is 18.1. The van der Waals surface area contributed by atoms with Crippen molar-refractivity contribution >= 4 is 12.0 Å². The fraction of sp³-hybridized carbons (Fsp3) is 0.333. The van der Waals surface area contributed by atoms with Crippen molar-refractivity contribution in [2.45, 2.75) is 38.8 Å². The van der Waals surface area contributed by atoms with Crippen molar-refractivity contribution in [3.05, 3.63) is 70.9 Å². The van der Waals surface area contributed by atoms with Crippen LogP contribution in [0.1, 0.15) is 43.4 Å². The van der Waals surface area contributed by atoms with Crippen molar-refractivity contribution in [1.29, 1.82) is 0 Å². The topological polar surface area (TPSA) is 85.9 Å². The minimum Gasteiger partial charge on any atom is -0.493 e. The molecule has 2 aromatic carbocycles. The minimum absolute atomic E-state index is 0.355. The first kappa shape index (κ1) is 22.2. The second-order valence-corrected chi connectivity index (χ2v) is 7.20. The predicted molar refractivity (Wildman–Crippen MR) is 117 cm³/mol. The Bertz CT molecular complexity index is 956. The molecule has 0 saturated carbocycles. The largest absolute Gasteiger partial charge is 0.493 e. The molecule has 1 aliphatic rings. The maximum atomic E-state index is 12.6. The van der Waals surface area contributed by atoms with Crippen LogP contribution in [0.2, 0.25) is 0 Å². The van der Waals surface area contributed by atoms with Gasteiger partial charge in [-0.25, -0.2) is 9.59 Å². The average Bonchev–Trinajstić information content (AvgIpc) is 2.81. The Kier molecular flexibility index (Phi) is 7.54. The summed E-state index contributed by atoms with van der Waals surface area (Å²) in [4.78, 5) is 25.0. The van der Waals surface area contributed by atoms with Crippen LogP contribution in [0, 0.1) is 0 Å². The van der Waals surface area contributed by atoms with E-state index in [2.05, 4.69) is 17.6 Å². The van der Waals surface area contributed by atoms with Crippen LogP contribution in [-0.4, -0.2) is 26.2 Å². The summed E-state index contributed by atoms with van der Waals surface area (Å²) in [6, 6.07) is 14.1. The van der Waals surface area contributed by atoms with Crippen LogP contribution in [0.4, 0.5) is 4.79 Å². The Morgan fingerprint density at radius 3 is 2.52 bits per heavy atom. The molecule has 0 fully saturated rings. The Labute approximate surface area is 182 Å². The van der Waals surface area contributed by atoms with Crippen LogP contribution in [0.15, 0.2) is 59.8 Å². The lowest BCUT2D eigenvalue weighted by Gasteiger charge is -2.29. The first-order valence-electron chi connectivity index (χ1n) is 10.3. The molecular formula is C24H28N2O5. The molecule has 0 spiro atoms. The van der Waals surface area contributed by atoms with E-state index in [-0.39, 0.29) is 6.03 Å². The van der Waals surface area contributed by atoms with Gasteiger partial charge in [0.25, 0.3) is 0 Å². The third-order valence-electron chi connectivity index (χ3n) is 5.10. The number of allylic oxidation sites excluding steroid dienone is 1. The van der Waals surface area contributed by atoms with Gasteiger partial charge in [0.05, 0.1) is 25.8 Å². The molecule has 0 aromatic heterocycles. The molecule has 2 amide bonds. The third kappa shape index (κ3) is 5.36. The van der Waals surface area contributed by atoms with Gasteiger partial charge in [0.1, 0.15) is 6.61 Å². The lowest BCUT2D eigenvalue weighted by atomic mass is 9.93. The fourth-order valence-corrected chi connectivity index (χ4v) is 3.49. The van der Waals surface area contributed by atoms with Crippen LogP contribution in [-0.2, 0) is 16.1 Å². The van der Waals surface area contributed by atoms with E-state index in [1.165, 1.54) is 7.11 Å². The first-order chi connectivity index (χ1) is 15.1. The fourth-order valence-electron chi connectivity index (χ4n) is 3.49. The number of esters is 1. The van der Waals surface area contributed by atoms with Gasteiger partial charge >= 0.3 is 12.0 Å². The summed E-state index contributed by atoms with van der Waals surface area (Å²) in [7, 11) is 2.90. The minimum atomic E-state index is -0.655. The van der Waals surface area contributed by atoms with Crippen LogP contribution < -0.4 is 20.1 Å². The molecule has 2 N–H and O–H groups in total. The number of nitrogens with one attached hydrogen (secondary N) is 2. The molecule has 1 aliphatic heterocycles. The number of benzene rings is 2. The van der Waals surface area contributed by atoms with Crippen molar-refractivity contribution in [1.82, 2.24) is 10.6 Å². The molecule has 31 heavy (non-hydrogen) atoms. The molecule has 0 bridgehead atoms. The van der Waals surface area contributed by atoms with Crippen LogP contribution in [0.3, 0.4) is 0 Å². The molecule has 2 aromatic rings. The lowest BCUT2D eigenvalue weighted by molar-refractivity contribution is -0.136. The highest BCUT2D eigenvalue weighted by atomic mass is 16.5. The Morgan fingerprint density at radius 2 is 1.84 bits per heavy atom. The van der Waals surface area contributed by atoms with E-state index in [4.69, 9.17) is 14.2 Å². The number of urea groups is 1. The van der Waals surface area contributed by atoms with Gasteiger partial charge in [-0.2, -0.15) is 0 Å².